The van der Waals surface area contributed by atoms with Gasteiger partial charge in [-0.15, -0.1) is 0 Å². The Bertz CT molecular complexity index is 949. The van der Waals surface area contributed by atoms with Crippen LogP contribution in [0.4, 0.5) is 37.7 Å². The normalized spacial score (nSPS) is 14.6. The van der Waals surface area contributed by atoms with Crippen LogP contribution >= 0.6 is 0 Å². The van der Waals surface area contributed by atoms with Gasteiger partial charge >= 0.3 is 12.4 Å². The average Bonchev–Trinajstić information content (AvgIpc) is 2.63. The van der Waals surface area contributed by atoms with Crippen molar-refractivity contribution in [1.82, 2.24) is 0 Å². The summed E-state index contributed by atoms with van der Waals surface area (Å²) in [6, 6.07) is 5.21. The minimum atomic E-state index is -5.04. The summed E-state index contributed by atoms with van der Waals surface area (Å²) in [6.07, 6.45) is -9.42. The van der Waals surface area contributed by atoms with Crippen molar-refractivity contribution in [1.29, 1.82) is 0 Å². The van der Waals surface area contributed by atoms with E-state index in [4.69, 9.17) is 0 Å². The Morgan fingerprint density at radius 1 is 0.931 bits per heavy atom. The fourth-order valence-corrected chi connectivity index (χ4v) is 3.02. The quantitative estimate of drug-likeness (QED) is 0.709. The molecule has 0 aliphatic carbocycles. The van der Waals surface area contributed by atoms with Crippen molar-refractivity contribution in [3.8, 4) is 0 Å². The number of hydrogen-bond acceptors (Lipinski definition) is 2. The van der Waals surface area contributed by atoms with Gasteiger partial charge in [-0.1, -0.05) is 0 Å². The molecule has 0 radical (unpaired) electrons. The van der Waals surface area contributed by atoms with Crippen LogP contribution in [0.15, 0.2) is 36.4 Å². The minimum Gasteiger partial charge on any atom is -0.322 e. The van der Waals surface area contributed by atoms with Crippen molar-refractivity contribution in [2.75, 3.05) is 17.3 Å². The maximum absolute atomic E-state index is 13.0. The smallest absolute Gasteiger partial charge is 0.322 e. The zero-order chi connectivity index (χ0) is 21.6. The van der Waals surface area contributed by atoms with E-state index in [9.17, 15) is 35.9 Å². The van der Waals surface area contributed by atoms with Gasteiger partial charge in [-0.2, -0.15) is 26.3 Å². The van der Waals surface area contributed by atoms with Gasteiger partial charge in [-0.3, -0.25) is 9.59 Å². The molecule has 29 heavy (non-hydrogen) atoms. The summed E-state index contributed by atoms with van der Waals surface area (Å²) in [5, 5.41) is 2.31. The number of amides is 2. The summed E-state index contributed by atoms with van der Waals surface area (Å²) in [5.74, 6) is -1.19. The molecule has 2 aromatic carbocycles. The van der Waals surface area contributed by atoms with Gasteiger partial charge in [0, 0.05) is 30.4 Å². The number of benzene rings is 2. The average molecular weight is 416 g/mol. The Balaban J connectivity index is 1.92. The number of carbonyl (C=O) groups excluding carboxylic acids is 2. The molecule has 0 unspecified atom stereocenters. The van der Waals surface area contributed by atoms with Crippen LogP contribution in [0, 0.1) is 0 Å². The second kappa shape index (κ2) is 7.09. The Hall–Kier alpha value is -3.04. The van der Waals surface area contributed by atoms with Crippen LogP contribution in [0.5, 0.6) is 0 Å². The number of nitrogens with one attached hydrogen (secondary N) is 1. The molecule has 0 saturated carbocycles. The van der Waals surface area contributed by atoms with Crippen LogP contribution in [0.3, 0.4) is 0 Å². The zero-order valence-electron chi connectivity index (χ0n) is 14.9. The number of nitrogens with zero attached hydrogens (tertiary/aromatic N) is 1. The van der Waals surface area contributed by atoms with Gasteiger partial charge in [0.15, 0.2) is 0 Å². The lowest BCUT2D eigenvalue weighted by atomic mass is 10.0. The number of carbonyl (C=O) groups is 2. The predicted octanol–water partition coefficient (Wildman–Crippen LogP) is 4.89. The number of rotatable bonds is 2. The fraction of sp³-hybridized carbons (Fsp3) is 0.263. The summed E-state index contributed by atoms with van der Waals surface area (Å²) in [4.78, 5) is 25.5. The van der Waals surface area contributed by atoms with Crippen molar-refractivity contribution >= 4 is 23.2 Å². The van der Waals surface area contributed by atoms with Crippen molar-refractivity contribution in [3.05, 3.63) is 58.7 Å². The van der Waals surface area contributed by atoms with Gasteiger partial charge in [0.2, 0.25) is 5.91 Å². The summed E-state index contributed by atoms with van der Waals surface area (Å²) in [7, 11) is 1.58. The lowest BCUT2D eigenvalue weighted by Gasteiger charge is -2.26. The Kier molecular flexibility index (Phi) is 5.06. The first kappa shape index (κ1) is 20.7. The molecule has 0 aromatic heterocycles. The summed E-state index contributed by atoms with van der Waals surface area (Å²) in [6.45, 7) is 0. The van der Waals surface area contributed by atoms with Crippen molar-refractivity contribution in [3.63, 3.8) is 0 Å². The maximum atomic E-state index is 13.0. The van der Waals surface area contributed by atoms with Gasteiger partial charge in [0.25, 0.3) is 5.91 Å². The van der Waals surface area contributed by atoms with Gasteiger partial charge in [-0.25, -0.2) is 0 Å². The molecule has 2 amide bonds. The molecule has 2 aromatic rings. The van der Waals surface area contributed by atoms with E-state index < -0.39 is 35.0 Å². The number of aryl methyl sites for hydroxylation is 1. The number of alkyl halides is 6. The van der Waals surface area contributed by atoms with Crippen molar-refractivity contribution < 1.29 is 35.9 Å². The standard InChI is InChI=1S/C19H14F6N2O2/c1-27-15-4-3-14(8-10(15)2-5-16(27)28)26-17(29)11-6-12(18(20,21)22)9-13(7-11)19(23,24)25/h3-4,6-9H,2,5H2,1H3,(H,26,29). The molecule has 10 heteroatoms. The fourth-order valence-electron chi connectivity index (χ4n) is 3.02. The Morgan fingerprint density at radius 2 is 1.52 bits per heavy atom. The number of anilines is 2. The molecule has 4 nitrogen and oxygen atoms in total. The second-order valence-corrected chi connectivity index (χ2v) is 6.54. The van der Waals surface area contributed by atoms with Gasteiger partial charge < -0.3 is 10.2 Å². The number of hydrogen-bond donors (Lipinski definition) is 1. The minimum absolute atomic E-state index is 0.0392. The molecule has 0 atom stereocenters. The topological polar surface area (TPSA) is 49.4 Å². The van der Waals surface area contributed by atoms with Gasteiger partial charge in [0.05, 0.1) is 11.1 Å². The molecular weight excluding hydrogens is 402 g/mol. The largest absolute Gasteiger partial charge is 0.416 e. The first-order valence-corrected chi connectivity index (χ1v) is 8.36. The molecule has 154 valence electrons. The predicted molar refractivity (Wildman–Crippen MR) is 92.6 cm³/mol. The van der Waals surface area contributed by atoms with E-state index in [1.807, 2.05) is 0 Å². The van der Waals surface area contributed by atoms with Crippen LogP contribution in [-0.2, 0) is 23.6 Å². The summed E-state index contributed by atoms with van der Waals surface area (Å²) >= 11 is 0. The highest BCUT2D eigenvalue weighted by atomic mass is 19.4. The van der Waals surface area contributed by atoms with Gasteiger partial charge in [0.1, 0.15) is 0 Å². The van der Waals surface area contributed by atoms with E-state index in [2.05, 4.69) is 5.32 Å². The third-order valence-electron chi connectivity index (χ3n) is 4.53. The van der Waals surface area contributed by atoms with E-state index in [0.717, 1.165) is 5.56 Å². The first-order valence-electron chi connectivity index (χ1n) is 8.36. The van der Waals surface area contributed by atoms with Gasteiger partial charge in [-0.05, 0) is 48.4 Å². The van der Waals surface area contributed by atoms with E-state index >= 15 is 0 Å². The van der Waals surface area contributed by atoms with Crippen LogP contribution < -0.4 is 10.2 Å². The van der Waals surface area contributed by atoms with Crippen LogP contribution in [0.1, 0.15) is 33.5 Å². The highest BCUT2D eigenvalue weighted by Gasteiger charge is 2.37. The molecule has 0 fully saturated rings. The summed E-state index contributed by atoms with van der Waals surface area (Å²) in [5.41, 5.74) is -2.35. The Labute approximate surface area is 161 Å². The lowest BCUT2D eigenvalue weighted by molar-refractivity contribution is -0.143. The highest BCUT2D eigenvalue weighted by Crippen LogP contribution is 2.36. The molecule has 0 saturated heterocycles. The molecule has 1 N–H and O–H groups in total. The van der Waals surface area contributed by atoms with Crippen molar-refractivity contribution in [2.24, 2.45) is 0 Å². The van der Waals surface area contributed by atoms with E-state index in [0.29, 0.717) is 24.2 Å². The molecule has 1 aliphatic heterocycles. The third-order valence-corrected chi connectivity index (χ3v) is 4.53. The van der Waals surface area contributed by atoms with Crippen molar-refractivity contribution in [2.45, 2.75) is 25.2 Å². The second-order valence-electron chi connectivity index (χ2n) is 6.54. The zero-order valence-corrected chi connectivity index (χ0v) is 14.9. The highest BCUT2D eigenvalue weighted by molar-refractivity contribution is 6.05. The lowest BCUT2D eigenvalue weighted by Crippen LogP contribution is -2.31. The molecule has 3 rings (SSSR count). The van der Waals surface area contributed by atoms with E-state index in [-0.39, 0.29) is 24.1 Å². The summed E-state index contributed by atoms with van der Waals surface area (Å²) < 4.78 is 77.7. The Morgan fingerprint density at radius 3 is 2.07 bits per heavy atom. The molecular formula is C19H14F6N2O2. The number of fused-ring (bicyclic) bond motifs is 1. The SMILES string of the molecule is CN1C(=O)CCc2cc(NC(=O)c3cc(C(F)(F)F)cc(C(F)(F)F)c3)ccc21. The van der Waals surface area contributed by atoms with Crippen LogP contribution in [0.25, 0.3) is 0 Å². The molecule has 1 heterocycles. The molecule has 0 bridgehead atoms. The maximum Gasteiger partial charge on any atom is 0.416 e. The van der Waals surface area contributed by atoms with Crippen LogP contribution in [0.2, 0.25) is 0 Å². The third kappa shape index (κ3) is 4.36. The number of halogens is 6. The molecule has 1 aliphatic rings. The monoisotopic (exact) mass is 416 g/mol. The van der Waals surface area contributed by atoms with E-state index in [1.54, 1.807) is 13.1 Å². The van der Waals surface area contributed by atoms with E-state index in [1.165, 1.54) is 17.0 Å². The molecule has 0 spiro atoms. The first-order chi connectivity index (χ1) is 13.4. The van der Waals surface area contributed by atoms with Crippen LogP contribution in [-0.4, -0.2) is 18.9 Å².